The maximum atomic E-state index is 12.4. The van der Waals surface area contributed by atoms with Gasteiger partial charge in [0.05, 0.1) is 11.0 Å². The van der Waals surface area contributed by atoms with Crippen LogP contribution in [-0.4, -0.2) is 29.3 Å². The van der Waals surface area contributed by atoms with Gasteiger partial charge in [-0.15, -0.1) is 0 Å². The van der Waals surface area contributed by atoms with Crippen molar-refractivity contribution in [3.63, 3.8) is 0 Å². The zero-order chi connectivity index (χ0) is 18.0. The number of aryl methyl sites for hydroxylation is 1. The van der Waals surface area contributed by atoms with Gasteiger partial charge in [0.25, 0.3) is 11.6 Å². The van der Waals surface area contributed by atoms with Gasteiger partial charge in [-0.2, -0.15) is 0 Å². The van der Waals surface area contributed by atoms with Gasteiger partial charge in [0, 0.05) is 24.7 Å². The summed E-state index contributed by atoms with van der Waals surface area (Å²) >= 11 is 0. The molecule has 1 saturated heterocycles. The Morgan fingerprint density at radius 1 is 1.20 bits per heavy atom. The maximum absolute atomic E-state index is 12.4. The van der Waals surface area contributed by atoms with Gasteiger partial charge >= 0.3 is 0 Å². The van der Waals surface area contributed by atoms with Crippen molar-refractivity contribution in [3.8, 4) is 0 Å². The van der Waals surface area contributed by atoms with Crippen molar-refractivity contribution in [2.75, 3.05) is 11.4 Å². The summed E-state index contributed by atoms with van der Waals surface area (Å²) < 4.78 is 0. The van der Waals surface area contributed by atoms with E-state index in [2.05, 4.69) is 5.32 Å². The summed E-state index contributed by atoms with van der Waals surface area (Å²) in [5.74, 6) is -0.632. The van der Waals surface area contributed by atoms with Gasteiger partial charge in [-0.3, -0.25) is 19.7 Å². The molecular formula is C18H17N3O4. The van der Waals surface area contributed by atoms with Crippen molar-refractivity contribution < 1.29 is 14.5 Å². The molecule has 1 aliphatic rings. The van der Waals surface area contributed by atoms with Crippen LogP contribution in [-0.2, 0) is 4.79 Å². The number of carbonyl (C=O) groups is 2. The molecule has 1 heterocycles. The van der Waals surface area contributed by atoms with E-state index in [0.717, 1.165) is 11.3 Å². The number of rotatable bonds is 4. The van der Waals surface area contributed by atoms with Crippen LogP contribution in [0.1, 0.15) is 22.3 Å². The Balaban J connectivity index is 1.72. The fraction of sp³-hybridized carbons (Fsp3) is 0.222. The van der Waals surface area contributed by atoms with E-state index in [4.69, 9.17) is 0 Å². The highest BCUT2D eigenvalue weighted by Crippen LogP contribution is 2.23. The van der Waals surface area contributed by atoms with E-state index in [1.165, 1.54) is 18.2 Å². The third-order valence-corrected chi connectivity index (χ3v) is 4.15. The van der Waals surface area contributed by atoms with Crippen molar-refractivity contribution in [3.05, 3.63) is 69.8 Å². The SMILES string of the molecule is Cc1ccc(N2C[C@H](NC(=O)c3ccccc3[N+](=O)[O-])CC2=O)cc1. The number of para-hydroxylation sites is 1. The molecule has 0 bridgehead atoms. The van der Waals surface area contributed by atoms with Crippen LogP contribution >= 0.6 is 0 Å². The Labute approximate surface area is 144 Å². The maximum Gasteiger partial charge on any atom is 0.282 e. The number of anilines is 1. The highest BCUT2D eigenvalue weighted by Gasteiger charge is 2.32. The topological polar surface area (TPSA) is 92.6 Å². The summed E-state index contributed by atoms with van der Waals surface area (Å²) in [5, 5.41) is 13.8. The van der Waals surface area contributed by atoms with Gasteiger partial charge in [-0.25, -0.2) is 0 Å². The van der Waals surface area contributed by atoms with Crippen molar-refractivity contribution in [1.29, 1.82) is 0 Å². The van der Waals surface area contributed by atoms with Crippen LogP contribution in [0.5, 0.6) is 0 Å². The lowest BCUT2D eigenvalue weighted by Gasteiger charge is -2.17. The first-order valence-corrected chi connectivity index (χ1v) is 7.87. The predicted octanol–water partition coefficient (Wildman–Crippen LogP) is 2.44. The number of amides is 2. The second-order valence-corrected chi connectivity index (χ2v) is 5.99. The molecule has 0 unspecified atom stereocenters. The van der Waals surface area contributed by atoms with E-state index in [1.54, 1.807) is 11.0 Å². The molecule has 2 amide bonds. The number of nitrogens with zero attached hydrogens (tertiary/aromatic N) is 2. The molecule has 2 aromatic rings. The monoisotopic (exact) mass is 339 g/mol. The first kappa shape index (κ1) is 16.6. The number of carbonyl (C=O) groups excluding carboxylic acids is 2. The first-order chi connectivity index (χ1) is 12.0. The Morgan fingerprint density at radius 3 is 2.56 bits per heavy atom. The minimum Gasteiger partial charge on any atom is -0.347 e. The molecule has 0 aromatic heterocycles. The van der Waals surface area contributed by atoms with Crippen LogP contribution in [0.15, 0.2) is 48.5 Å². The summed E-state index contributed by atoms with van der Waals surface area (Å²) in [6, 6.07) is 12.9. The van der Waals surface area contributed by atoms with E-state index >= 15 is 0 Å². The van der Waals surface area contributed by atoms with Crippen LogP contribution in [0.25, 0.3) is 0 Å². The van der Waals surface area contributed by atoms with Crippen LogP contribution in [0.2, 0.25) is 0 Å². The van der Waals surface area contributed by atoms with Crippen molar-refractivity contribution in [2.24, 2.45) is 0 Å². The molecule has 1 fully saturated rings. The van der Waals surface area contributed by atoms with E-state index < -0.39 is 10.8 Å². The molecule has 0 saturated carbocycles. The average Bonchev–Trinajstić information content (AvgIpc) is 2.95. The molecular weight excluding hydrogens is 322 g/mol. The highest BCUT2D eigenvalue weighted by atomic mass is 16.6. The number of hydrogen-bond donors (Lipinski definition) is 1. The van der Waals surface area contributed by atoms with E-state index in [-0.39, 0.29) is 29.6 Å². The van der Waals surface area contributed by atoms with Crippen LogP contribution < -0.4 is 10.2 Å². The molecule has 0 radical (unpaired) electrons. The van der Waals surface area contributed by atoms with Crippen LogP contribution in [0.4, 0.5) is 11.4 Å². The molecule has 1 aliphatic heterocycles. The van der Waals surface area contributed by atoms with Crippen molar-refractivity contribution in [2.45, 2.75) is 19.4 Å². The van der Waals surface area contributed by atoms with Crippen molar-refractivity contribution in [1.82, 2.24) is 5.32 Å². The summed E-state index contributed by atoms with van der Waals surface area (Å²) in [6.07, 6.45) is 0.167. The zero-order valence-corrected chi connectivity index (χ0v) is 13.6. The van der Waals surface area contributed by atoms with Crippen LogP contribution in [0, 0.1) is 17.0 Å². The minimum atomic E-state index is -0.590. The molecule has 25 heavy (non-hydrogen) atoms. The quantitative estimate of drug-likeness (QED) is 0.684. The Bertz CT molecular complexity index is 832. The first-order valence-electron chi connectivity index (χ1n) is 7.87. The number of hydrogen-bond acceptors (Lipinski definition) is 4. The lowest BCUT2D eigenvalue weighted by Crippen LogP contribution is -2.37. The van der Waals surface area contributed by atoms with Gasteiger partial charge in [0.2, 0.25) is 5.91 Å². The van der Waals surface area contributed by atoms with Gasteiger partial charge < -0.3 is 10.2 Å². The zero-order valence-electron chi connectivity index (χ0n) is 13.6. The summed E-state index contributed by atoms with van der Waals surface area (Å²) in [4.78, 5) is 36.7. The van der Waals surface area contributed by atoms with Crippen molar-refractivity contribution >= 4 is 23.2 Å². The number of nitro groups is 1. The average molecular weight is 339 g/mol. The summed E-state index contributed by atoms with van der Waals surface area (Å²) in [5.41, 5.74) is 1.61. The number of nitro benzene ring substituents is 1. The molecule has 7 nitrogen and oxygen atoms in total. The fourth-order valence-corrected chi connectivity index (χ4v) is 2.87. The van der Waals surface area contributed by atoms with Gasteiger partial charge in [-0.1, -0.05) is 29.8 Å². The largest absolute Gasteiger partial charge is 0.347 e. The fourth-order valence-electron chi connectivity index (χ4n) is 2.87. The molecule has 1 N–H and O–H groups in total. The molecule has 1 atom stereocenters. The lowest BCUT2D eigenvalue weighted by atomic mass is 10.1. The second kappa shape index (κ2) is 6.72. The standard InChI is InChI=1S/C18H17N3O4/c1-12-6-8-14(9-7-12)20-11-13(10-17(20)22)19-18(23)15-4-2-3-5-16(15)21(24)25/h2-9,13H,10-11H2,1H3,(H,19,23)/t13-/m1/s1. The minimum absolute atomic E-state index is 0.00580. The van der Waals surface area contributed by atoms with Gasteiger partial charge in [0.15, 0.2) is 0 Å². The van der Waals surface area contributed by atoms with Gasteiger partial charge in [-0.05, 0) is 25.1 Å². The highest BCUT2D eigenvalue weighted by molar-refractivity contribution is 6.00. The van der Waals surface area contributed by atoms with E-state index in [1.807, 2.05) is 31.2 Å². The number of nitrogens with one attached hydrogen (secondary N) is 1. The molecule has 0 aliphatic carbocycles. The van der Waals surface area contributed by atoms with E-state index in [0.29, 0.717) is 6.54 Å². The predicted molar refractivity (Wildman–Crippen MR) is 92.5 cm³/mol. The number of benzene rings is 2. The Morgan fingerprint density at radius 2 is 1.88 bits per heavy atom. The normalized spacial score (nSPS) is 16.8. The van der Waals surface area contributed by atoms with Crippen LogP contribution in [0.3, 0.4) is 0 Å². The summed E-state index contributed by atoms with van der Waals surface area (Å²) in [7, 11) is 0. The Hall–Kier alpha value is -3.22. The summed E-state index contributed by atoms with van der Waals surface area (Å²) in [6.45, 7) is 2.31. The van der Waals surface area contributed by atoms with Gasteiger partial charge in [0.1, 0.15) is 5.56 Å². The molecule has 2 aromatic carbocycles. The molecule has 7 heteroatoms. The molecule has 128 valence electrons. The third-order valence-electron chi connectivity index (χ3n) is 4.15. The lowest BCUT2D eigenvalue weighted by molar-refractivity contribution is -0.385. The third kappa shape index (κ3) is 3.50. The molecule has 3 rings (SSSR count). The molecule has 0 spiro atoms. The van der Waals surface area contributed by atoms with E-state index in [9.17, 15) is 19.7 Å². The second-order valence-electron chi connectivity index (χ2n) is 5.99. The smallest absolute Gasteiger partial charge is 0.282 e. The Kier molecular flexibility index (Phi) is 4.47.